The lowest BCUT2D eigenvalue weighted by atomic mass is 10.0. The van der Waals surface area contributed by atoms with E-state index in [4.69, 9.17) is 16.6 Å². The van der Waals surface area contributed by atoms with Crippen molar-refractivity contribution in [3.8, 4) is 10.6 Å². The predicted molar refractivity (Wildman–Crippen MR) is 132 cm³/mol. The molecule has 2 aromatic carbocycles. The zero-order valence-corrected chi connectivity index (χ0v) is 19.3. The molecule has 0 saturated carbocycles. The molecule has 0 unspecified atom stereocenters. The van der Waals surface area contributed by atoms with Crippen molar-refractivity contribution in [2.45, 2.75) is 13.0 Å². The van der Waals surface area contributed by atoms with Gasteiger partial charge in [-0.25, -0.2) is 4.98 Å². The van der Waals surface area contributed by atoms with E-state index in [9.17, 15) is 4.79 Å². The van der Waals surface area contributed by atoms with Gasteiger partial charge in [0.15, 0.2) is 0 Å². The maximum Gasteiger partial charge on any atom is 0.249 e. The Morgan fingerprint density at radius 3 is 2.81 bits per heavy atom. The minimum atomic E-state index is -0.172. The number of hydrogen-bond acceptors (Lipinski definition) is 5. The number of para-hydroxylation sites is 1. The Balaban J connectivity index is 1.50. The monoisotopic (exact) mass is 465 g/mol. The van der Waals surface area contributed by atoms with Crippen LogP contribution >= 0.6 is 34.3 Å². The summed E-state index contributed by atoms with van der Waals surface area (Å²) in [7, 11) is 2.13. The van der Waals surface area contributed by atoms with Crippen LogP contribution in [-0.4, -0.2) is 29.4 Å². The number of carbonyl (C=O) groups is 1. The smallest absolute Gasteiger partial charge is 0.249 e. The van der Waals surface area contributed by atoms with Crippen molar-refractivity contribution in [1.82, 2.24) is 9.88 Å². The van der Waals surface area contributed by atoms with Crippen molar-refractivity contribution in [2.24, 2.45) is 0 Å². The maximum absolute atomic E-state index is 12.8. The van der Waals surface area contributed by atoms with Gasteiger partial charge >= 0.3 is 0 Å². The van der Waals surface area contributed by atoms with Gasteiger partial charge in [0.2, 0.25) is 5.91 Å². The molecular weight excluding hydrogens is 446 g/mol. The maximum atomic E-state index is 12.8. The number of anilines is 1. The summed E-state index contributed by atoms with van der Waals surface area (Å²) in [6.07, 6.45) is 4.24. The molecule has 1 amide bonds. The fraction of sp³-hybridized carbons (Fsp3) is 0.167. The SMILES string of the molecule is CN1CCc2c(sc(NC(=O)C=Cc3ccccc3Cl)c2-c2nc3ccccc3s2)C1. The zero-order chi connectivity index (χ0) is 21.4. The van der Waals surface area contributed by atoms with Crippen LogP contribution in [0.1, 0.15) is 16.0 Å². The molecule has 0 saturated heterocycles. The normalized spacial score (nSPS) is 14.3. The standard InChI is InChI=1S/C24H20ClN3OS2/c1-28-13-12-16-20(14-28)31-24(22(16)23-26-18-8-4-5-9-19(18)30-23)27-21(29)11-10-15-6-2-3-7-17(15)25/h2-11H,12-14H2,1H3,(H,27,29). The summed E-state index contributed by atoms with van der Waals surface area (Å²) in [6.45, 7) is 1.89. The molecule has 2 aromatic heterocycles. The van der Waals surface area contributed by atoms with Crippen molar-refractivity contribution in [3.05, 3.63) is 75.6 Å². The van der Waals surface area contributed by atoms with E-state index in [1.807, 2.05) is 42.5 Å². The second-order valence-electron chi connectivity index (χ2n) is 7.53. The lowest BCUT2D eigenvalue weighted by Gasteiger charge is -2.22. The van der Waals surface area contributed by atoms with Crippen LogP contribution in [-0.2, 0) is 17.8 Å². The van der Waals surface area contributed by atoms with Crippen LogP contribution in [0.4, 0.5) is 5.00 Å². The number of likely N-dealkylation sites (N-methyl/N-ethyl adjacent to an activating group) is 1. The summed E-state index contributed by atoms with van der Waals surface area (Å²) in [4.78, 5) is 21.3. The molecule has 3 heterocycles. The molecule has 4 nitrogen and oxygen atoms in total. The highest BCUT2D eigenvalue weighted by molar-refractivity contribution is 7.23. The van der Waals surface area contributed by atoms with E-state index in [0.29, 0.717) is 5.02 Å². The van der Waals surface area contributed by atoms with Crippen molar-refractivity contribution in [2.75, 3.05) is 18.9 Å². The van der Waals surface area contributed by atoms with Gasteiger partial charge in [-0.05, 0) is 48.9 Å². The molecule has 0 bridgehead atoms. The summed E-state index contributed by atoms with van der Waals surface area (Å²) < 4.78 is 1.15. The second-order valence-corrected chi connectivity index (χ2v) is 10.1. The molecule has 31 heavy (non-hydrogen) atoms. The molecule has 1 aliphatic rings. The van der Waals surface area contributed by atoms with E-state index in [2.05, 4.69) is 23.3 Å². The predicted octanol–water partition coefficient (Wildman–Crippen LogP) is 6.32. The van der Waals surface area contributed by atoms with E-state index in [0.717, 1.165) is 50.9 Å². The number of thiophene rings is 1. The molecule has 5 rings (SSSR count). The quantitative estimate of drug-likeness (QED) is 0.359. The van der Waals surface area contributed by atoms with Gasteiger partial charge in [0.05, 0.1) is 10.2 Å². The largest absolute Gasteiger partial charge is 0.313 e. The molecule has 4 aromatic rings. The Labute approximate surface area is 193 Å². The fourth-order valence-corrected chi connectivity index (χ4v) is 6.39. The summed E-state index contributed by atoms with van der Waals surface area (Å²) in [5.74, 6) is -0.172. The molecule has 0 aliphatic carbocycles. The highest BCUT2D eigenvalue weighted by atomic mass is 35.5. The number of thiazole rings is 1. The number of halogens is 1. The number of amides is 1. The third-order valence-corrected chi connectivity index (χ3v) is 7.84. The number of benzene rings is 2. The van der Waals surface area contributed by atoms with Gasteiger partial charge in [0.25, 0.3) is 0 Å². The summed E-state index contributed by atoms with van der Waals surface area (Å²) >= 11 is 9.54. The van der Waals surface area contributed by atoms with Crippen LogP contribution in [0.5, 0.6) is 0 Å². The average molecular weight is 466 g/mol. The van der Waals surface area contributed by atoms with Crippen molar-refractivity contribution >= 4 is 61.5 Å². The highest BCUT2D eigenvalue weighted by Gasteiger charge is 2.26. The van der Waals surface area contributed by atoms with Crippen LogP contribution in [0.15, 0.2) is 54.6 Å². The van der Waals surface area contributed by atoms with E-state index in [-0.39, 0.29) is 5.91 Å². The zero-order valence-electron chi connectivity index (χ0n) is 16.9. The van der Waals surface area contributed by atoms with E-state index in [1.54, 1.807) is 28.7 Å². The molecule has 156 valence electrons. The first-order valence-corrected chi connectivity index (χ1v) is 12.0. The Hall–Kier alpha value is -2.51. The first-order chi connectivity index (χ1) is 15.1. The number of carbonyl (C=O) groups excluding carboxylic acids is 1. The van der Waals surface area contributed by atoms with Gasteiger partial charge in [0.1, 0.15) is 10.0 Å². The van der Waals surface area contributed by atoms with Crippen molar-refractivity contribution in [1.29, 1.82) is 0 Å². The summed E-state index contributed by atoms with van der Waals surface area (Å²) in [6, 6.07) is 15.6. The first-order valence-electron chi connectivity index (χ1n) is 10.0. The minimum absolute atomic E-state index is 0.172. The Kier molecular flexibility index (Phi) is 5.63. The van der Waals surface area contributed by atoms with E-state index < -0.39 is 0 Å². The van der Waals surface area contributed by atoms with Crippen molar-refractivity contribution < 1.29 is 4.79 Å². The number of nitrogens with zero attached hydrogens (tertiary/aromatic N) is 2. The lowest BCUT2D eigenvalue weighted by Crippen LogP contribution is -2.25. The average Bonchev–Trinajstić information content (AvgIpc) is 3.33. The number of fused-ring (bicyclic) bond motifs is 2. The minimum Gasteiger partial charge on any atom is -0.313 e. The number of hydrogen-bond donors (Lipinski definition) is 1. The van der Waals surface area contributed by atoms with Gasteiger partial charge in [-0.3, -0.25) is 4.79 Å². The van der Waals surface area contributed by atoms with Crippen LogP contribution in [0, 0.1) is 0 Å². The molecular formula is C24H20ClN3OS2. The van der Waals surface area contributed by atoms with Crippen LogP contribution < -0.4 is 5.32 Å². The molecule has 1 N–H and O–H groups in total. The van der Waals surface area contributed by atoms with Gasteiger partial charge in [-0.15, -0.1) is 22.7 Å². The number of nitrogens with one attached hydrogen (secondary N) is 1. The van der Waals surface area contributed by atoms with E-state index >= 15 is 0 Å². The molecule has 1 aliphatic heterocycles. The highest BCUT2D eigenvalue weighted by Crippen LogP contribution is 2.45. The molecule has 0 radical (unpaired) electrons. The number of rotatable bonds is 4. The van der Waals surface area contributed by atoms with Gasteiger partial charge in [-0.1, -0.05) is 41.9 Å². The topological polar surface area (TPSA) is 45.2 Å². The second kappa shape index (κ2) is 8.55. The van der Waals surface area contributed by atoms with Gasteiger partial charge in [-0.2, -0.15) is 0 Å². The molecule has 7 heteroatoms. The summed E-state index contributed by atoms with van der Waals surface area (Å²) in [5, 5.41) is 5.57. The van der Waals surface area contributed by atoms with Crippen molar-refractivity contribution in [3.63, 3.8) is 0 Å². The number of aromatic nitrogens is 1. The Bertz CT molecular complexity index is 1270. The first kappa shape index (κ1) is 20.4. The van der Waals surface area contributed by atoms with Crippen LogP contribution in [0.25, 0.3) is 26.9 Å². The molecule has 0 fully saturated rings. The van der Waals surface area contributed by atoms with E-state index in [1.165, 1.54) is 16.5 Å². The Morgan fingerprint density at radius 2 is 1.97 bits per heavy atom. The lowest BCUT2D eigenvalue weighted by molar-refractivity contribution is -0.111. The van der Waals surface area contributed by atoms with Gasteiger partial charge < -0.3 is 10.2 Å². The third-order valence-electron chi connectivity index (χ3n) is 5.31. The summed E-state index contributed by atoms with van der Waals surface area (Å²) in [5.41, 5.74) is 4.20. The third kappa shape index (κ3) is 4.16. The fourth-order valence-electron chi connectivity index (χ4n) is 3.75. The molecule has 0 spiro atoms. The van der Waals surface area contributed by atoms with Crippen LogP contribution in [0.2, 0.25) is 5.02 Å². The van der Waals surface area contributed by atoms with Crippen LogP contribution in [0.3, 0.4) is 0 Å². The molecule has 0 atom stereocenters. The Morgan fingerprint density at radius 1 is 1.16 bits per heavy atom. The van der Waals surface area contributed by atoms with Gasteiger partial charge in [0, 0.05) is 34.6 Å².